The zero-order valence-corrected chi connectivity index (χ0v) is 14.9. The van der Waals surface area contributed by atoms with E-state index in [1.165, 1.54) is 7.11 Å². The van der Waals surface area contributed by atoms with E-state index >= 15 is 0 Å². The van der Waals surface area contributed by atoms with Crippen LogP contribution < -0.4 is 10.1 Å². The Labute approximate surface area is 151 Å². The minimum atomic E-state index is -0.556. The van der Waals surface area contributed by atoms with Gasteiger partial charge < -0.3 is 14.8 Å². The molecule has 1 N–H and O–H groups in total. The second kappa shape index (κ2) is 9.08. The number of carbonyl (C=O) groups excluding carboxylic acids is 2. The third-order valence-electron chi connectivity index (χ3n) is 3.71. The van der Waals surface area contributed by atoms with Gasteiger partial charge in [0.05, 0.1) is 33.1 Å². The molecule has 2 aromatic carbocycles. The van der Waals surface area contributed by atoms with Gasteiger partial charge in [0.25, 0.3) is 0 Å². The number of halogens is 1. The van der Waals surface area contributed by atoms with Crippen LogP contribution in [0.4, 0.5) is 0 Å². The molecule has 0 aromatic heterocycles. The summed E-state index contributed by atoms with van der Waals surface area (Å²) in [7, 11) is 2.88. The summed E-state index contributed by atoms with van der Waals surface area (Å²) in [6.45, 7) is 0. The maximum Gasteiger partial charge on any atom is 0.307 e. The zero-order valence-electron chi connectivity index (χ0n) is 14.1. The lowest BCUT2D eigenvalue weighted by atomic mass is 10.0. The highest BCUT2D eigenvalue weighted by atomic mass is 35.5. The predicted molar refractivity (Wildman–Crippen MR) is 95.7 cm³/mol. The monoisotopic (exact) mass is 361 g/mol. The molecule has 0 bridgehead atoms. The lowest BCUT2D eigenvalue weighted by Crippen LogP contribution is -2.31. The second-order valence-corrected chi connectivity index (χ2v) is 5.86. The molecule has 1 amide bonds. The van der Waals surface area contributed by atoms with E-state index in [0.717, 1.165) is 5.56 Å². The van der Waals surface area contributed by atoms with Crippen molar-refractivity contribution in [3.8, 4) is 5.75 Å². The molecule has 2 rings (SSSR count). The summed E-state index contributed by atoms with van der Waals surface area (Å²) < 4.78 is 9.88. The summed E-state index contributed by atoms with van der Waals surface area (Å²) in [5.74, 6) is 0.0381. The van der Waals surface area contributed by atoms with Crippen LogP contribution in [0.1, 0.15) is 23.6 Å². The van der Waals surface area contributed by atoms with E-state index in [-0.39, 0.29) is 18.7 Å². The van der Waals surface area contributed by atoms with Gasteiger partial charge in [-0.1, -0.05) is 41.9 Å². The van der Waals surface area contributed by atoms with E-state index in [4.69, 9.17) is 21.1 Å². The molecule has 0 aliphatic heterocycles. The molecule has 0 saturated heterocycles. The minimum Gasteiger partial charge on any atom is -0.497 e. The maximum absolute atomic E-state index is 12.4. The largest absolute Gasteiger partial charge is 0.497 e. The van der Waals surface area contributed by atoms with E-state index in [0.29, 0.717) is 16.3 Å². The van der Waals surface area contributed by atoms with E-state index in [9.17, 15) is 9.59 Å². The van der Waals surface area contributed by atoms with Gasteiger partial charge in [0.1, 0.15) is 5.75 Å². The van der Waals surface area contributed by atoms with Crippen LogP contribution in [0.25, 0.3) is 0 Å². The SMILES string of the molecule is COC(=O)CC(NC(=O)Cc1cccc(OC)c1)c1ccccc1Cl. The van der Waals surface area contributed by atoms with E-state index < -0.39 is 12.0 Å². The number of benzene rings is 2. The summed E-state index contributed by atoms with van der Waals surface area (Å²) in [4.78, 5) is 24.1. The first-order valence-electron chi connectivity index (χ1n) is 7.77. The lowest BCUT2D eigenvalue weighted by Gasteiger charge is -2.19. The smallest absolute Gasteiger partial charge is 0.307 e. The maximum atomic E-state index is 12.4. The van der Waals surface area contributed by atoms with Crippen molar-refractivity contribution in [3.05, 3.63) is 64.7 Å². The van der Waals surface area contributed by atoms with Crippen molar-refractivity contribution >= 4 is 23.5 Å². The van der Waals surface area contributed by atoms with Crippen molar-refractivity contribution in [2.75, 3.05) is 14.2 Å². The van der Waals surface area contributed by atoms with Crippen LogP contribution in [0.5, 0.6) is 5.75 Å². The molecule has 0 radical (unpaired) electrons. The predicted octanol–water partition coefficient (Wildman–Crippen LogP) is 3.31. The number of amides is 1. The van der Waals surface area contributed by atoms with Gasteiger partial charge in [-0.05, 0) is 29.3 Å². The van der Waals surface area contributed by atoms with Crippen LogP contribution in [0.2, 0.25) is 5.02 Å². The van der Waals surface area contributed by atoms with Gasteiger partial charge >= 0.3 is 5.97 Å². The zero-order chi connectivity index (χ0) is 18.2. The fourth-order valence-electron chi connectivity index (χ4n) is 2.46. The van der Waals surface area contributed by atoms with Gasteiger partial charge in [0.2, 0.25) is 5.91 Å². The van der Waals surface area contributed by atoms with E-state index in [1.54, 1.807) is 37.4 Å². The molecule has 2 aromatic rings. The Morgan fingerprint density at radius 2 is 1.88 bits per heavy atom. The number of rotatable bonds is 7. The van der Waals surface area contributed by atoms with Gasteiger partial charge in [0, 0.05) is 5.02 Å². The Kier molecular flexibility index (Phi) is 6.83. The minimum absolute atomic E-state index is 0.00405. The Morgan fingerprint density at radius 1 is 1.12 bits per heavy atom. The van der Waals surface area contributed by atoms with Crippen LogP contribution >= 0.6 is 11.6 Å². The van der Waals surface area contributed by atoms with Crippen LogP contribution in [-0.4, -0.2) is 26.1 Å². The molecule has 0 spiro atoms. The average Bonchev–Trinajstić information content (AvgIpc) is 2.61. The molecule has 0 heterocycles. The highest BCUT2D eigenvalue weighted by Crippen LogP contribution is 2.25. The first-order chi connectivity index (χ1) is 12.0. The summed E-state index contributed by atoms with van der Waals surface area (Å²) in [5, 5.41) is 3.34. The number of methoxy groups -OCH3 is 2. The van der Waals surface area contributed by atoms with Crippen LogP contribution in [-0.2, 0) is 20.7 Å². The van der Waals surface area contributed by atoms with Gasteiger partial charge in [-0.2, -0.15) is 0 Å². The highest BCUT2D eigenvalue weighted by Gasteiger charge is 2.21. The summed E-state index contributed by atoms with van der Waals surface area (Å²) in [6.07, 6.45) is 0.170. The fraction of sp³-hybridized carbons (Fsp3) is 0.263. The van der Waals surface area contributed by atoms with E-state index in [2.05, 4.69) is 5.32 Å². The summed E-state index contributed by atoms with van der Waals surface area (Å²) >= 11 is 6.21. The third-order valence-corrected chi connectivity index (χ3v) is 4.06. The molecule has 1 atom stereocenters. The summed E-state index contributed by atoms with van der Waals surface area (Å²) in [5.41, 5.74) is 1.49. The van der Waals surface area contributed by atoms with Crippen LogP contribution in [0.3, 0.4) is 0 Å². The van der Waals surface area contributed by atoms with Crippen molar-refractivity contribution in [1.29, 1.82) is 0 Å². The Morgan fingerprint density at radius 3 is 2.56 bits per heavy atom. The van der Waals surface area contributed by atoms with Gasteiger partial charge in [0.15, 0.2) is 0 Å². The van der Waals surface area contributed by atoms with Crippen LogP contribution in [0.15, 0.2) is 48.5 Å². The van der Waals surface area contributed by atoms with Crippen molar-refractivity contribution < 1.29 is 19.1 Å². The first kappa shape index (κ1) is 18.8. The topological polar surface area (TPSA) is 64.6 Å². The van der Waals surface area contributed by atoms with E-state index in [1.807, 2.05) is 18.2 Å². The Balaban J connectivity index is 2.13. The van der Waals surface area contributed by atoms with Crippen molar-refractivity contribution in [3.63, 3.8) is 0 Å². The molecule has 25 heavy (non-hydrogen) atoms. The molecule has 0 fully saturated rings. The average molecular weight is 362 g/mol. The van der Waals surface area contributed by atoms with Gasteiger partial charge in [-0.15, -0.1) is 0 Å². The molecule has 132 valence electrons. The normalized spacial score (nSPS) is 11.5. The summed E-state index contributed by atoms with van der Waals surface area (Å²) in [6, 6.07) is 13.8. The fourth-order valence-corrected chi connectivity index (χ4v) is 2.73. The standard InChI is InChI=1S/C19H20ClNO4/c1-24-14-7-5-6-13(10-14)11-18(22)21-17(12-19(23)25-2)15-8-3-4-9-16(15)20/h3-10,17H,11-12H2,1-2H3,(H,21,22). The number of hydrogen-bond donors (Lipinski definition) is 1. The first-order valence-corrected chi connectivity index (χ1v) is 8.14. The molecule has 0 aliphatic carbocycles. The Bertz CT molecular complexity index is 748. The molecule has 6 heteroatoms. The number of carbonyl (C=O) groups is 2. The number of ether oxygens (including phenoxy) is 2. The molecule has 5 nitrogen and oxygen atoms in total. The molecular weight excluding hydrogens is 342 g/mol. The van der Waals surface area contributed by atoms with Crippen molar-refractivity contribution in [2.45, 2.75) is 18.9 Å². The second-order valence-electron chi connectivity index (χ2n) is 5.45. The number of esters is 1. The lowest BCUT2D eigenvalue weighted by molar-refractivity contribution is -0.141. The number of nitrogens with one attached hydrogen (secondary N) is 1. The Hall–Kier alpha value is -2.53. The third kappa shape index (κ3) is 5.50. The molecule has 0 saturated carbocycles. The van der Waals surface area contributed by atoms with Gasteiger partial charge in [-0.25, -0.2) is 0 Å². The van der Waals surface area contributed by atoms with Crippen molar-refractivity contribution in [2.24, 2.45) is 0 Å². The highest BCUT2D eigenvalue weighted by molar-refractivity contribution is 6.31. The van der Waals surface area contributed by atoms with Crippen LogP contribution in [0, 0.1) is 0 Å². The molecule has 0 aliphatic rings. The number of hydrogen-bond acceptors (Lipinski definition) is 4. The molecular formula is C19H20ClNO4. The molecule has 1 unspecified atom stereocenters. The van der Waals surface area contributed by atoms with Gasteiger partial charge in [-0.3, -0.25) is 9.59 Å². The quantitative estimate of drug-likeness (QED) is 0.768. The van der Waals surface area contributed by atoms with Crippen molar-refractivity contribution in [1.82, 2.24) is 5.32 Å².